The number of nitro benzene ring substituents is 2. The zero-order valence-electron chi connectivity index (χ0n) is 28.9. The van der Waals surface area contributed by atoms with Crippen molar-refractivity contribution in [3.63, 3.8) is 0 Å². The number of hydrogen-bond acceptors (Lipinski definition) is 17. The fraction of sp³-hybridized carbons (Fsp3) is 0. The monoisotopic (exact) mass is 871 g/mol. The molecular formula is C32H17CrN6Na2O14S2. The SMILES string of the molecule is O=[N+]([O-])c1ccc2c(N=Nc3ccccc3[O-])c([O-])cc(S(=O)(=O)O)c2c1.O=[N+]([O-])c1ccc2c(N=Nc3ccccc3[O-])c([O-])cc(S(=O)(=O)[O-])c2c1.[Cr+3].[Na+].[Na+]. The van der Waals surface area contributed by atoms with Crippen LogP contribution in [-0.4, -0.2) is 35.8 Å². The van der Waals surface area contributed by atoms with Gasteiger partial charge in [-0.3, -0.25) is 24.8 Å². The molecule has 57 heavy (non-hydrogen) atoms. The fourth-order valence-electron chi connectivity index (χ4n) is 4.82. The van der Waals surface area contributed by atoms with Crippen molar-refractivity contribution in [2.45, 2.75) is 9.79 Å². The summed E-state index contributed by atoms with van der Waals surface area (Å²) in [5.41, 5.74) is -1.71. The largest absolute Gasteiger partial charge is 3.00 e. The Labute approximate surface area is 375 Å². The number of para-hydroxylation sites is 2. The van der Waals surface area contributed by atoms with E-state index in [0.717, 1.165) is 36.4 Å². The molecule has 0 bridgehead atoms. The van der Waals surface area contributed by atoms with Crippen molar-refractivity contribution in [1.29, 1.82) is 0 Å². The molecule has 25 heteroatoms. The van der Waals surface area contributed by atoms with Gasteiger partial charge in [-0.2, -0.15) is 28.9 Å². The van der Waals surface area contributed by atoms with Gasteiger partial charge in [0.1, 0.15) is 15.0 Å². The molecule has 0 aliphatic rings. The van der Waals surface area contributed by atoms with Gasteiger partial charge in [0.05, 0.1) is 37.5 Å². The van der Waals surface area contributed by atoms with E-state index in [1.807, 2.05) is 0 Å². The van der Waals surface area contributed by atoms with Gasteiger partial charge in [0.15, 0.2) is 0 Å². The van der Waals surface area contributed by atoms with Crippen molar-refractivity contribution in [1.82, 2.24) is 0 Å². The molecule has 0 atom stereocenters. The minimum Gasteiger partial charge on any atom is -0.871 e. The number of non-ortho nitro benzene ring substituents is 2. The molecule has 0 saturated carbocycles. The maximum Gasteiger partial charge on any atom is 3.00 e. The number of rotatable bonds is 8. The van der Waals surface area contributed by atoms with Crippen LogP contribution >= 0.6 is 0 Å². The van der Waals surface area contributed by atoms with Gasteiger partial charge in [-0.05, 0) is 36.4 Å². The van der Waals surface area contributed by atoms with Gasteiger partial charge in [0.2, 0.25) is 0 Å². The van der Waals surface area contributed by atoms with Crippen molar-refractivity contribution in [3.8, 4) is 23.0 Å². The van der Waals surface area contributed by atoms with Gasteiger partial charge in [0, 0.05) is 45.8 Å². The second-order valence-electron chi connectivity index (χ2n) is 10.7. The van der Waals surface area contributed by atoms with E-state index in [-0.39, 0.29) is 121 Å². The summed E-state index contributed by atoms with van der Waals surface area (Å²) in [6.45, 7) is 0. The normalized spacial score (nSPS) is 11.3. The van der Waals surface area contributed by atoms with Gasteiger partial charge in [-0.15, -0.1) is 0 Å². The minimum atomic E-state index is -5.08. The number of hydrogen-bond donors (Lipinski definition) is 1. The van der Waals surface area contributed by atoms with Crippen LogP contribution in [0.4, 0.5) is 34.1 Å². The first-order valence-electron chi connectivity index (χ1n) is 14.5. The van der Waals surface area contributed by atoms with Gasteiger partial charge >= 0.3 is 76.5 Å². The van der Waals surface area contributed by atoms with E-state index in [1.165, 1.54) is 48.5 Å². The quantitative estimate of drug-likeness (QED) is 0.0616. The number of fused-ring (bicyclic) bond motifs is 2. The van der Waals surface area contributed by atoms with Gasteiger partial charge in [-0.25, -0.2) is 8.42 Å². The Morgan fingerprint density at radius 3 is 1.23 bits per heavy atom. The summed E-state index contributed by atoms with van der Waals surface area (Å²) in [7, 11) is -9.91. The van der Waals surface area contributed by atoms with E-state index in [9.17, 15) is 66.6 Å². The van der Waals surface area contributed by atoms with E-state index in [4.69, 9.17) is 0 Å². The first kappa shape index (κ1) is 48.5. The molecule has 0 fully saturated rings. The molecule has 0 aliphatic heterocycles. The zero-order chi connectivity index (χ0) is 39.5. The molecule has 0 aromatic heterocycles. The van der Waals surface area contributed by atoms with Crippen LogP contribution in [-0.2, 0) is 37.6 Å². The summed E-state index contributed by atoms with van der Waals surface area (Å²) >= 11 is 0. The molecule has 6 aromatic rings. The smallest absolute Gasteiger partial charge is 0.871 e. The molecule has 0 heterocycles. The molecule has 0 aliphatic carbocycles. The Bertz CT molecular complexity index is 2620. The Hall–Kier alpha value is -4.61. The van der Waals surface area contributed by atoms with Crippen LogP contribution in [0.3, 0.4) is 0 Å². The molecule has 0 unspecified atom stereocenters. The van der Waals surface area contributed by atoms with E-state index in [0.29, 0.717) is 12.1 Å². The van der Waals surface area contributed by atoms with E-state index >= 15 is 0 Å². The van der Waals surface area contributed by atoms with Crippen molar-refractivity contribution >= 4 is 75.9 Å². The number of nitro groups is 2. The molecule has 6 rings (SSSR count). The third-order valence-electron chi connectivity index (χ3n) is 7.25. The first-order valence-corrected chi connectivity index (χ1v) is 17.3. The van der Waals surface area contributed by atoms with Crippen LogP contribution in [0.5, 0.6) is 23.0 Å². The van der Waals surface area contributed by atoms with Gasteiger partial charge in [-0.1, -0.05) is 59.4 Å². The van der Waals surface area contributed by atoms with Crippen molar-refractivity contribution < 1.29 is 133 Å². The molecule has 0 saturated heterocycles. The maximum atomic E-state index is 12.3. The summed E-state index contributed by atoms with van der Waals surface area (Å²) in [6, 6.07) is 18.5. The number of benzene rings is 6. The standard InChI is InChI=1S/2C16H11N3O7S.Cr.2Na/c2*20-13-4-2-1-3-12(13)17-18-16-10-6-5-9(19(22)23)7-11(10)15(8-14(16)21)27(24,25)26;;;/h2*1-8,20-21H,(H,24,25,26);;;/q;;+3;2*+1/p-5. The summed E-state index contributed by atoms with van der Waals surface area (Å²) in [5, 5.41) is 83.8. The van der Waals surface area contributed by atoms with E-state index < -0.39 is 74.2 Å². The topological polar surface area (TPSA) is 340 Å². The van der Waals surface area contributed by atoms with Crippen molar-refractivity contribution in [2.75, 3.05) is 0 Å². The van der Waals surface area contributed by atoms with Crippen LogP contribution in [0.15, 0.2) is 127 Å². The Morgan fingerprint density at radius 2 is 0.877 bits per heavy atom. The minimum absolute atomic E-state index is 0. The summed E-state index contributed by atoms with van der Waals surface area (Å²) < 4.78 is 66.8. The predicted octanol–water partition coefficient (Wildman–Crippen LogP) is -1.22. The maximum absolute atomic E-state index is 12.3. The van der Waals surface area contributed by atoms with Crippen LogP contribution < -0.4 is 79.5 Å². The third-order valence-corrected chi connectivity index (χ3v) is 9.02. The number of nitrogens with zero attached hydrogens (tertiary/aromatic N) is 6. The van der Waals surface area contributed by atoms with Crippen molar-refractivity contribution in [3.05, 3.63) is 117 Å². The second-order valence-corrected chi connectivity index (χ2v) is 13.4. The van der Waals surface area contributed by atoms with Crippen molar-refractivity contribution in [2.24, 2.45) is 20.5 Å². The average molecular weight is 872 g/mol. The summed E-state index contributed by atoms with van der Waals surface area (Å²) in [5.74, 6) is -2.72. The average Bonchev–Trinajstić information content (AvgIpc) is 3.10. The molecule has 0 spiro atoms. The van der Waals surface area contributed by atoms with Crippen LogP contribution in [0.1, 0.15) is 0 Å². The van der Waals surface area contributed by atoms with Gasteiger partial charge < -0.3 is 25.0 Å². The predicted molar refractivity (Wildman–Crippen MR) is 178 cm³/mol. The second kappa shape index (κ2) is 19.7. The fourth-order valence-corrected chi connectivity index (χ4v) is 6.21. The summed E-state index contributed by atoms with van der Waals surface area (Å²) in [4.78, 5) is 18.7. The van der Waals surface area contributed by atoms with Gasteiger partial charge in [0.25, 0.3) is 21.5 Å². The van der Waals surface area contributed by atoms with E-state index in [1.54, 1.807) is 0 Å². The third kappa shape index (κ3) is 11.3. The zero-order valence-corrected chi connectivity index (χ0v) is 35.8. The first-order chi connectivity index (χ1) is 25.4. The van der Waals surface area contributed by atoms with Crippen LogP contribution in [0.2, 0.25) is 0 Å². The van der Waals surface area contributed by atoms with E-state index in [2.05, 4.69) is 20.5 Å². The molecule has 0 amide bonds. The molecule has 279 valence electrons. The molecular weight excluding hydrogens is 854 g/mol. The Kier molecular flexibility index (Phi) is 16.8. The summed E-state index contributed by atoms with van der Waals surface area (Å²) in [6.07, 6.45) is 0. The number of azo groups is 2. The van der Waals surface area contributed by atoms with Crippen LogP contribution in [0.25, 0.3) is 21.5 Å². The molecule has 1 N–H and O–H groups in total. The molecule has 6 aromatic carbocycles. The molecule has 1 radical (unpaired) electrons. The Morgan fingerprint density at radius 1 is 0.509 bits per heavy atom. The molecule has 20 nitrogen and oxygen atoms in total. The van der Waals surface area contributed by atoms with Crippen LogP contribution in [0, 0.1) is 20.2 Å². The Balaban J connectivity index is 0.000000374.